The second kappa shape index (κ2) is 6.83. The lowest BCUT2D eigenvalue weighted by atomic mass is 10.2. The molecular formula is C17H20N2O3S. The Morgan fingerprint density at radius 2 is 1.48 bits per heavy atom. The normalized spacial score (nSPS) is 11.2. The highest BCUT2D eigenvalue weighted by Gasteiger charge is 2.18. The van der Waals surface area contributed by atoms with E-state index in [0.29, 0.717) is 17.9 Å². The van der Waals surface area contributed by atoms with Crippen LogP contribution in [0.2, 0.25) is 0 Å². The van der Waals surface area contributed by atoms with Gasteiger partial charge in [0.1, 0.15) is 0 Å². The van der Waals surface area contributed by atoms with Crippen molar-refractivity contribution in [2.45, 2.75) is 30.1 Å². The first-order valence-corrected chi connectivity index (χ1v) is 8.83. The smallest absolute Gasteiger partial charge is 0.223 e. The summed E-state index contributed by atoms with van der Waals surface area (Å²) in [6.45, 7) is 4.07. The Kier molecular flexibility index (Phi) is 5.05. The van der Waals surface area contributed by atoms with Gasteiger partial charge in [-0.1, -0.05) is 6.92 Å². The molecule has 0 aromatic heterocycles. The number of nitrogen functional groups attached to an aromatic ring is 1. The topological polar surface area (TPSA) is 80.5 Å². The predicted octanol–water partition coefficient (Wildman–Crippen LogP) is 2.86. The van der Waals surface area contributed by atoms with Crippen LogP contribution in [0.4, 0.5) is 11.4 Å². The summed E-state index contributed by atoms with van der Waals surface area (Å²) in [5.41, 5.74) is 6.79. The molecule has 0 saturated heterocycles. The number of anilines is 2. The molecule has 5 nitrogen and oxygen atoms in total. The van der Waals surface area contributed by atoms with Gasteiger partial charge in [0.05, 0.1) is 9.79 Å². The molecule has 0 unspecified atom stereocenters. The number of rotatable bonds is 5. The molecule has 0 heterocycles. The van der Waals surface area contributed by atoms with Crippen LogP contribution in [0.3, 0.4) is 0 Å². The summed E-state index contributed by atoms with van der Waals surface area (Å²) in [7, 11) is -3.59. The number of nitrogens with two attached hydrogens (primary N) is 1. The molecule has 0 aliphatic heterocycles. The van der Waals surface area contributed by atoms with E-state index >= 15 is 0 Å². The third-order valence-corrected chi connectivity index (χ3v) is 5.26. The Bertz CT molecular complexity index is 782. The summed E-state index contributed by atoms with van der Waals surface area (Å²) in [6, 6.07) is 12.4. The number of nitrogens with zero attached hydrogens (tertiary/aromatic N) is 1. The molecular weight excluding hydrogens is 312 g/mol. The molecule has 2 aromatic carbocycles. The van der Waals surface area contributed by atoms with Crippen molar-refractivity contribution in [3.8, 4) is 0 Å². The van der Waals surface area contributed by atoms with Gasteiger partial charge in [0, 0.05) is 24.8 Å². The molecule has 2 aromatic rings. The Labute approximate surface area is 136 Å². The van der Waals surface area contributed by atoms with E-state index in [-0.39, 0.29) is 15.7 Å². The zero-order valence-electron chi connectivity index (χ0n) is 13.2. The molecule has 0 saturated carbocycles. The van der Waals surface area contributed by atoms with E-state index in [1.165, 1.54) is 31.2 Å². The van der Waals surface area contributed by atoms with E-state index in [1.54, 1.807) is 29.2 Å². The van der Waals surface area contributed by atoms with Crippen molar-refractivity contribution in [1.29, 1.82) is 0 Å². The van der Waals surface area contributed by atoms with Gasteiger partial charge in [-0.3, -0.25) is 4.79 Å². The first-order valence-electron chi connectivity index (χ1n) is 7.35. The zero-order chi connectivity index (χ0) is 17.0. The van der Waals surface area contributed by atoms with Gasteiger partial charge in [-0.25, -0.2) is 8.42 Å². The number of benzene rings is 2. The molecule has 0 aliphatic rings. The van der Waals surface area contributed by atoms with Crippen LogP contribution in [0.1, 0.15) is 20.3 Å². The largest absolute Gasteiger partial charge is 0.399 e. The number of amides is 1. The minimum atomic E-state index is -3.59. The van der Waals surface area contributed by atoms with Crippen LogP contribution in [0, 0.1) is 0 Å². The highest BCUT2D eigenvalue weighted by Crippen LogP contribution is 2.24. The number of sulfone groups is 1. The maximum atomic E-state index is 12.6. The molecule has 6 heteroatoms. The highest BCUT2D eigenvalue weighted by atomic mass is 32.2. The third kappa shape index (κ3) is 3.71. The lowest BCUT2D eigenvalue weighted by Gasteiger charge is -2.20. The van der Waals surface area contributed by atoms with Crippen molar-refractivity contribution in [3.63, 3.8) is 0 Å². The van der Waals surface area contributed by atoms with Gasteiger partial charge in [-0.15, -0.1) is 0 Å². The molecule has 1 amide bonds. The SMILES string of the molecule is CCCN(C(C)=O)c1ccc(S(=O)(=O)c2ccc(N)cc2)cc1. The number of hydrogen-bond donors (Lipinski definition) is 1. The van der Waals surface area contributed by atoms with E-state index in [1.807, 2.05) is 6.92 Å². The molecule has 122 valence electrons. The van der Waals surface area contributed by atoms with Crippen molar-refractivity contribution < 1.29 is 13.2 Å². The molecule has 0 radical (unpaired) electrons. The summed E-state index contributed by atoms with van der Waals surface area (Å²) in [5.74, 6) is -0.0685. The highest BCUT2D eigenvalue weighted by molar-refractivity contribution is 7.91. The first-order chi connectivity index (χ1) is 10.9. The summed E-state index contributed by atoms with van der Waals surface area (Å²) >= 11 is 0. The summed E-state index contributed by atoms with van der Waals surface area (Å²) < 4.78 is 25.1. The quantitative estimate of drug-likeness (QED) is 0.854. The van der Waals surface area contributed by atoms with Crippen LogP contribution in [0.5, 0.6) is 0 Å². The predicted molar refractivity (Wildman–Crippen MR) is 91.1 cm³/mol. The summed E-state index contributed by atoms with van der Waals surface area (Å²) in [6.07, 6.45) is 0.824. The lowest BCUT2D eigenvalue weighted by molar-refractivity contribution is -0.116. The van der Waals surface area contributed by atoms with Crippen molar-refractivity contribution in [3.05, 3.63) is 48.5 Å². The minimum absolute atomic E-state index is 0.0685. The van der Waals surface area contributed by atoms with Crippen molar-refractivity contribution in [2.75, 3.05) is 17.2 Å². The van der Waals surface area contributed by atoms with Crippen LogP contribution < -0.4 is 10.6 Å². The lowest BCUT2D eigenvalue weighted by Crippen LogP contribution is -2.29. The Morgan fingerprint density at radius 1 is 1.00 bits per heavy atom. The van der Waals surface area contributed by atoms with E-state index in [9.17, 15) is 13.2 Å². The van der Waals surface area contributed by atoms with Gasteiger partial charge in [-0.2, -0.15) is 0 Å². The Morgan fingerprint density at radius 3 is 1.91 bits per heavy atom. The van der Waals surface area contributed by atoms with Crippen LogP contribution in [0.15, 0.2) is 58.3 Å². The Hall–Kier alpha value is -2.34. The minimum Gasteiger partial charge on any atom is -0.399 e. The molecule has 0 spiro atoms. The van der Waals surface area contributed by atoms with E-state index < -0.39 is 9.84 Å². The van der Waals surface area contributed by atoms with Crippen LogP contribution in [-0.2, 0) is 14.6 Å². The molecule has 0 bridgehead atoms. The number of hydrogen-bond acceptors (Lipinski definition) is 4. The second-order valence-corrected chi connectivity index (χ2v) is 7.19. The maximum Gasteiger partial charge on any atom is 0.223 e. The summed E-state index contributed by atoms with van der Waals surface area (Å²) in [4.78, 5) is 13.7. The molecule has 23 heavy (non-hydrogen) atoms. The van der Waals surface area contributed by atoms with Crippen molar-refractivity contribution in [2.24, 2.45) is 0 Å². The molecule has 0 atom stereocenters. The zero-order valence-corrected chi connectivity index (χ0v) is 14.0. The van der Waals surface area contributed by atoms with Gasteiger partial charge in [-0.05, 0) is 55.0 Å². The fourth-order valence-electron chi connectivity index (χ4n) is 2.28. The molecule has 2 rings (SSSR count). The van der Waals surface area contributed by atoms with Gasteiger partial charge in [0.25, 0.3) is 0 Å². The Balaban J connectivity index is 2.35. The summed E-state index contributed by atoms with van der Waals surface area (Å²) in [5, 5.41) is 0. The van der Waals surface area contributed by atoms with Crippen LogP contribution in [0.25, 0.3) is 0 Å². The van der Waals surface area contributed by atoms with E-state index in [2.05, 4.69) is 0 Å². The first kappa shape index (κ1) is 17.0. The van der Waals surface area contributed by atoms with Gasteiger partial charge in [0.2, 0.25) is 15.7 Å². The van der Waals surface area contributed by atoms with Gasteiger partial charge >= 0.3 is 0 Å². The monoisotopic (exact) mass is 332 g/mol. The van der Waals surface area contributed by atoms with Crippen molar-refractivity contribution in [1.82, 2.24) is 0 Å². The fraction of sp³-hybridized carbons (Fsp3) is 0.235. The second-order valence-electron chi connectivity index (χ2n) is 5.24. The van der Waals surface area contributed by atoms with Gasteiger partial charge in [0.15, 0.2) is 0 Å². The number of carbonyl (C=O) groups excluding carboxylic acids is 1. The average molecular weight is 332 g/mol. The maximum absolute atomic E-state index is 12.6. The molecule has 0 fully saturated rings. The van der Waals surface area contributed by atoms with Crippen LogP contribution >= 0.6 is 0 Å². The van der Waals surface area contributed by atoms with E-state index in [4.69, 9.17) is 5.73 Å². The standard InChI is InChI=1S/C17H20N2O3S/c1-3-12-19(13(2)20)15-6-10-17(11-7-15)23(21,22)16-8-4-14(18)5-9-16/h4-11H,3,12,18H2,1-2H3. The van der Waals surface area contributed by atoms with Gasteiger partial charge < -0.3 is 10.6 Å². The van der Waals surface area contributed by atoms with Crippen LogP contribution in [-0.4, -0.2) is 20.9 Å². The molecule has 0 aliphatic carbocycles. The number of carbonyl (C=O) groups is 1. The third-order valence-electron chi connectivity index (χ3n) is 3.48. The average Bonchev–Trinajstić information content (AvgIpc) is 2.53. The molecule has 2 N–H and O–H groups in total. The fourth-order valence-corrected chi connectivity index (χ4v) is 3.54. The van der Waals surface area contributed by atoms with Crippen molar-refractivity contribution >= 4 is 27.1 Å². The van der Waals surface area contributed by atoms with E-state index in [0.717, 1.165) is 6.42 Å².